The molecule has 1 saturated heterocycles. The van der Waals surface area contributed by atoms with E-state index in [0.29, 0.717) is 6.04 Å². The van der Waals surface area contributed by atoms with E-state index in [0.717, 1.165) is 97.4 Å². The van der Waals surface area contributed by atoms with Crippen molar-refractivity contribution in [1.82, 2.24) is 25.6 Å². The van der Waals surface area contributed by atoms with Crippen molar-refractivity contribution >= 4 is 11.4 Å². The molecule has 3 aliphatic rings. The Balaban J connectivity index is 0.000000810. The molecule has 7 nitrogen and oxygen atoms in total. The van der Waals surface area contributed by atoms with Crippen molar-refractivity contribution in [2.75, 3.05) is 24.5 Å². The highest BCUT2D eigenvalue weighted by Gasteiger charge is 2.31. The third-order valence-corrected chi connectivity index (χ3v) is 7.82. The standard InChI is InChI=1S/C30H34N6O.2C2H6/c1-2-11-31-17-22-8-9-23(34-22)19-7-10-26-27(15-19)37-28-16-21(14-20-5-4-13-36(26)29(20)28)25-18-33-30(35-25)24-6-3-12-32-24;2*1-2/h7-10,14-16,18,24,31-32,34H,2-6,11-13,17H2,1H3,(H,33,35);2*1-2H3. The zero-order valence-corrected chi connectivity index (χ0v) is 25.4. The molecule has 41 heavy (non-hydrogen) atoms. The van der Waals surface area contributed by atoms with Gasteiger partial charge in [-0.15, -0.1) is 0 Å². The molecule has 0 amide bonds. The van der Waals surface area contributed by atoms with Gasteiger partial charge in [-0.25, -0.2) is 4.98 Å². The lowest BCUT2D eigenvalue weighted by molar-refractivity contribution is 0.469. The summed E-state index contributed by atoms with van der Waals surface area (Å²) >= 11 is 0. The van der Waals surface area contributed by atoms with Gasteiger partial charge in [0.25, 0.3) is 0 Å². The van der Waals surface area contributed by atoms with E-state index in [-0.39, 0.29) is 0 Å². The number of hydrogen-bond acceptors (Lipinski definition) is 5. The monoisotopic (exact) mass is 554 g/mol. The van der Waals surface area contributed by atoms with Gasteiger partial charge in [0.05, 0.1) is 29.3 Å². The number of aromatic amines is 2. The Morgan fingerprint density at radius 1 is 0.951 bits per heavy atom. The minimum Gasteiger partial charge on any atom is -0.453 e. The topological polar surface area (TPSA) is 81.0 Å². The van der Waals surface area contributed by atoms with E-state index in [1.54, 1.807) is 0 Å². The Hall–Kier alpha value is -3.55. The predicted octanol–water partition coefficient (Wildman–Crippen LogP) is 8.24. The van der Waals surface area contributed by atoms with Crippen molar-refractivity contribution in [1.29, 1.82) is 0 Å². The second-order valence-corrected chi connectivity index (χ2v) is 10.4. The lowest BCUT2D eigenvalue weighted by Crippen LogP contribution is -2.27. The maximum atomic E-state index is 6.63. The number of hydrogen-bond donors (Lipinski definition) is 4. The second-order valence-electron chi connectivity index (χ2n) is 10.4. The maximum Gasteiger partial charge on any atom is 0.152 e. The van der Waals surface area contributed by atoms with Crippen molar-refractivity contribution in [2.45, 2.75) is 79.3 Å². The molecule has 2 aromatic heterocycles. The fourth-order valence-corrected chi connectivity index (χ4v) is 5.97. The molecule has 1 atom stereocenters. The summed E-state index contributed by atoms with van der Waals surface area (Å²) in [6.07, 6.45) is 7.63. The third-order valence-electron chi connectivity index (χ3n) is 7.82. The molecular formula is C34H46N6O. The summed E-state index contributed by atoms with van der Waals surface area (Å²) in [7, 11) is 0. The summed E-state index contributed by atoms with van der Waals surface area (Å²) in [4.78, 5) is 14.3. The van der Waals surface area contributed by atoms with Gasteiger partial charge in [-0.1, -0.05) is 40.7 Å². The van der Waals surface area contributed by atoms with E-state index in [4.69, 9.17) is 9.72 Å². The largest absolute Gasteiger partial charge is 0.453 e. The lowest BCUT2D eigenvalue weighted by Gasteiger charge is -2.37. The smallest absolute Gasteiger partial charge is 0.152 e. The molecule has 5 heterocycles. The van der Waals surface area contributed by atoms with Crippen LogP contribution in [0.5, 0.6) is 11.5 Å². The minimum absolute atomic E-state index is 0.331. The molecule has 3 aliphatic heterocycles. The van der Waals surface area contributed by atoms with Crippen LogP contribution in [0, 0.1) is 0 Å². The number of nitrogens with one attached hydrogen (secondary N) is 4. The van der Waals surface area contributed by atoms with Crippen molar-refractivity contribution in [3.05, 3.63) is 65.7 Å². The summed E-state index contributed by atoms with van der Waals surface area (Å²) < 4.78 is 6.63. The van der Waals surface area contributed by atoms with Crippen LogP contribution in [0.4, 0.5) is 11.4 Å². The highest BCUT2D eigenvalue weighted by molar-refractivity contribution is 5.85. The molecule has 7 heteroatoms. The van der Waals surface area contributed by atoms with Crippen LogP contribution in [0.25, 0.3) is 22.5 Å². The van der Waals surface area contributed by atoms with Crippen LogP contribution in [0.15, 0.2) is 48.7 Å². The van der Waals surface area contributed by atoms with Crippen LogP contribution < -0.4 is 20.3 Å². The van der Waals surface area contributed by atoms with Gasteiger partial charge < -0.3 is 30.2 Å². The zero-order chi connectivity index (χ0) is 28.8. The normalized spacial score (nSPS) is 16.5. The number of anilines is 2. The quantitative estimate of drug-likeness (QED) is 0.173. The van der Waals surface area contributed by atoms with Crippen LogP contribution in [-0.4, -0.2) is 34.6 Å². The summed E-state index contributed by atoms with van der Waals surface area (Å²) in [5, 5.41) is 7.00. The molecule has 0 bridgehead atoms. The summed E-state index contributed by atoms with van der Waals surface area (Å²) in [5.41, 5.74) is 9.36. The van der Waals surface area contributed by atoms with E-state index in [1.165, 1.54) is 23.4 Å². The number of imidazole rings is 1. The van der Waals surface area contributed by atoms with E-state index in [9.17, 15) is 0 Å². The Morgan fingerprint density at radius 3 is 2.61 bits per heavy atom. The first-order valence-electron chi connectivity index (χ1n) is 15.7. The molecule has 4 aromatic rings. The van der Waals surface area contributed by atoms with Gasteiger partial charge >= 0.3 is 0 Å². The van der Waals surface area contributed by atoms with Crippen LogP contribution >= 0.6 is 0 Å². The Labute approximate surface area is 245 Å². The number of rotatable bonds is 7. The first-order valence-corrected chi connectivity index (χ1v) is 15.7. The van der Waals surface area contributed by atoms with Gasteiger partial charge in [-0.3, -0.25) is 0 Å². The fourth-order valence-electron chi connectivity index (χ4n) is 5.97. The highest BCUT2D eigenvalue weighted by atomic mass is 16.5. The first kappa shape index (κ1) is 29.0. The van der Waals surface area contributed by atoms with Gasteiger partial charge in [-0.05, 0) is 87.2 Å². The van der Waals surface area contributed by atoms with Crippen LogP contribution in [-0.2, 0) is 13.0 Å². The summed E-state index contributed by atoms with van der Waals surface area (Å²) in [5.74, 6) is 2.88. The lowest BCUT2D eigenvalue weighted by atomic mass is 9.95. The van der Waals surface area contributed by atoms with Gasteiger partial charge in [0.1, 0.15) is 5.82 Å². The molecule has 0 spiro atoms. The number of fused-ring (bicyclic) bond motifs is 2. The Kier molecular flexibility index (Phi) is 9.47. The van der Waals surface area contributed by atoms with Crippen LogP contribution in [0.1, 0.15) is 83.4 Å². The number of ether oxygens (including phenoxy) is 1. The van der Waals surface area contributed by atoms with Crippen molar-refractivity contribution in [3.8, 4) is 34.0 Å². The minimum atomic E-state index is 0.331. The van der Waals surface area contributed by atoms with E-state index >= 15 is 0 Å². The predicted molar refractivity (Wildman–Crippen MR) is 170 cm³/mol. The molecule has 1 unspecified atom stereocenters. The van der Waals surface area contributed by atoms with Crippen LogP contribution in [0.3, 0.4) is 0 Å². The molecule has 2 aromatic carbocycles. The van der Waals surface area contributed by atoms with Gasteiger partial charge in [0.15, 0.2) is 11.5 Å². The van der Waals surface area contributed by atoms with E-state index in [2.05, 4.69) is 74.9 Å². The SMILES string of the molecule is CC.CC.CCCNCc1ccc(-c2ccc3c(c2)Oc2cc(-c4cnc(C5CCCN5)[nH]4)cc4c2N3CCC4)[nH]1. The molecule has 1 fully saturated rings. The molecule has 0 radical (unpaired) electrons. The molecule has 218 valence electrons. The number of aryl methyl sites for hydroxylation is 1. The Morgan fingerprint density at radius 2 is 1.80 bits per heavy atom. The first-order chi connectivity index (χ1) is 20.3. The van der Waals surface area contributed by atoms with Gasteiger partial charge in [0, 0.05) is 35.6 Å². The molecule has 4 N–H and O–H groups in total. The molecule has 0 saturated carbocycles. The van der Waals surface area contributed by atoms with E-state index in [1.807, 2.05) is 33.9 Å². The maximum absolute atomic E-state index is 6.63. The fraction of sp³-hybridized carbons (Fsp3) is 0.441. The van der Waals surface area contributed by atoms with Crippen molar-refractivity contribution in [2.24, 2.45) is 0 Å². The number of aromatic nitrogens is 3. The molecular weight excluding hydrogens is 508 g/mol. The summed E-state index contributed by atoms with van der Waals surface area (Å²) in [6, 6.07) is 15.7. The average molecular weight is 555 g/mol. The molecule has 0 aliphatic carbocycles. The van der Waals surface area contributed by atoms with Crippen LogP contribution in [0.2, 0.25) is 0 Å². The van der Waals surface area contributed by atoms with Crippen molar-refractivity contribution < 1.29 is 4.74 Å². The summed E-state index contributed by atoms with van der Waals surface area (Å²) in [6.45, 7) is 14.1. The average Bonchev–Trinajstić information content (AvgIpc) is 3.82. The second kappa shape index (κ2) is 13.4. The third kappa shape index (κ3) is 5.92. The van der Waals surface area contributed by atoms with Gasteiger partial charge in [-0.2, -0.15) is 0 Å². The number of nitrogens with zero attached hydrogens (tertiary/aromatic N) is 2. The highest BCUT2D eigenvalue weighted by Crippen LogP contribution is 2.52. The molecule has 7 rings (SSSR count). The Bertz CT molecular complexity index is 1430. The van der Waals surface area contributed by atoms with Crippen molar-refractivity contribution in [3.63, 3.8) is 0 Å². The van der Waals surface area contributed by atoms with E-state index < -0.39 is 0 Å². The number of H-pyrrole nitrogens is 2. The van der Waals surface area contributed by atoms with Gasteiger partial charge in [0.2, 0.25) is 0 Å². The zero-order valence-electron chi connectivity index (χ0n) is 25.4. The number of benzene rings is 2.